The Hall–Kier alpha value is -3.07. The van der Waals surface area contributed by atoms with Crippen LogP contribution >= 0.6 is 11.3 Å². The molecule has 1 aromatic carbocycles. The minimum absolute atomic E-state index is 0.144. The Morgan fingerprint density at radius 3 is 2.59 bits per heavy atom. The molecule has 4 rings (SSSR count). The first-order valence-electron chi connectivity index (χ1n) is 10.9. The molecular weight excluding hydrogens is 426 g/mol. The van der Waals surface area contributed by atoms with Crippen LogP contribution in [0.4, 0.5) is 5.13 Å². The third kappa shape index (κ3) is 5.04. The van der Waals surface area contributed by atoms with Crippen molar-refractivity contribution in [2.24, 2.45) is 0 Å². The number of methoxy groups -OCH3 is 2. The van der Waals surface area contributed by atoms with Crippen molar-refractivity contribution in [1.29, 1.82) is 0 Å². The molecule has 0 spiro atoms. The van der Waals surface area contributed by atoms with Crippen molar-refractivity contribution >= 4 is 22.4 Å². The van der Waals surface area contributed by atoms with Crippen LogP contribution in [-0.4, -0.2) is 54.5 Å². The fourth-order valence-electron chi connectivity index (χ4n) is 3.89. The summed E-state index contributed by atoms with van der Waals surface area (Å²) in [6.45, 7) is 2.52. The Bertz CT molecular complexity index is 1040. The lowest BCUT2D eigenvalue weighted by molar-refractivity contribution is 0.0947. The Morgan fingerprint density at radius 2 is 1.84 bits per heavy atom. The molecule has 0 aliphatic carbocycles. The van der Waals surface area contributed by atoms with E-state index in [-0.39, 0.29) is 5.91 Å². The third-order valence-electron chi connectivity index (χ3n) is 5.64. The molecule has 1 aliphatic heterocycles. The number of ether oxygens (including phenoxy) is 2. The number of rotatable bonds is 8. The zero-order chi connectivity index (χ0) is 22.3. The fourth-order valence-corrected chi connectivity index (χ4v) is 4.78. The predicted molar refractivity (Wildman–Crippen MR) is 126 cm³/mol. The lowest BCUT2D eigenvalue weighted by atomic mass is 10.1. The molecular formula is C23H29N5O3S. The number of carbonyl (C=O) groups excluding carboxylic acids is 1. The van der Waals surface area contributed by atoms with Gasteiger partial charge in [-0.15, -0.1) is 10.2 Å². The van der Waals surface area contributed by atoms with E-state index in [0.29, 0.717) is 23.8 Å². The Morgan fingerprint density at radius 1 is 1.06 bits per heavy atom. The van der Waals surface area contributed by atoms with Crippen LogP contribution in [0, 0.1) is 0 Å². The first kappa shape index (κ1) is 22.1. The molecule has 0 radical (unpaired) electrons. The molecule has 3 aromatic rings. The zero-order valence-corrected chi connectivity index (χ0v) is 19.4. The lowest BCUT2D eigenvalue weighted by Gasteiger charge is -2.17. The van der Waals surface area contributed by atoms with Gasteiger partial charge in [0.05, 0.1) is 14.2 Å². The molecule has 170 valence electrons. The van der Waals surface area contributed by atoms with Crippen molar-refractivity contribution in [3.63, 3.8) is 0 Å². The first-order chi connectivity index (χ1) is 15.7. The van der Waals surface area contributed by atoms with E-state index in [1.165, 1.54) is 37.0 Å². The largest absolute Gasteiger partial charge is 0.497 e. The summed E-state index contributed by atoms with van der Waals surface area (Å²) in [5.74, 6) is 1.34. The molecule has 1 fully saturated rings. The van der Waals surface area contributed by atoms with Crippen molar-refractivity contribution in [2.45, 2.75) is 32.1 Å². The summed E-state index contributed by atoms with van der Waals surface area (Å²) in [4.78, 5) is 15.2. The summed E-state index contributed by atoms with van der Waals surface area (Å²) in [6.07, 6.45) is 7.42. The highest BCUT2D eigenvalue weighted by atomic mass is 32.1. The highest BCUT2D eigenvalue weighted by molar-refractivity contribution is 7.17. The SMILES string of the molecule is COc1ccc(CCNC(=O)c2cccn2-c2nnc(N3CCCCCC3)s2)c(OC)c1. The van der Waals surface area contributed by atoms with E-state index < -0.39 is 0 Å². The summed E-state index contributed by atoms with van der Waals surface area (Å²) in [5, 5.41) is 13.4. The van der Waals surface area contributed by atoms with Crippen LogP contribution in [-0.2, 0) is 6.42 Å². The van der Waals surface area contributed by atoms with Gasteiger partial charge in [0, 0.05) is 31.9 Å². The van der Waals surface area contributed by atoms with Crippen LogP contribution in [0.25, 0.3) is 5.13 Å². The second-order valence-corrected chi connectivity index (χ2v) is 8.65. The molecule has 3 heterocycles. The molecule has 0 atom stereocenters. The van der Waals surface area contributed by atoms with Gasteiger partial charge in [0.1, 0.15) is 17.2 Å². The molecule has 0 unspecified atom stereocenters. The van der Waals surface area contributed by atoms with Crippen LogP contribution in [0.3, 0.4) is 0 Å². The van der Waals surface area contributed by atoms with E-state index in [0.717, 1.165) is 35.3 Å². The Balaban J connectivity index is 1.40. The second-order valence-electron chi connectivity index (χ2n) is 7.72. The van der Waals surface area contributed by atoms with Gasteiger partial charge >= 0.3 is 0 Å². The number of nitrogens with zero attached hydrogens (tertiary/aromatic N) is 4. The van der Waals surface area contributed by atoms with Crippen molar-refractivity contribution in [3.05, 3.63) is 47.8 Å². The molecule has 9 heteroatoms. The van der Waals surface area contributed by atoms with Gasteiger partial charge in [-0.05, 0) is 43.0 Å². The molecule has 1 amide bonds. The van der Waals surface area contributed by atoms with Crippen LogP contribution in [0.5, 0.6) is 11.5 Å². The smallest absolute Gasteiger partial charge is 0.268 e. The van der Waals surface area contributed by atoms with Crippen LogP contribution in [0.2, 0.25) is 0 Å². The van der Waals surface area contributed by atoms with Gasteiger partial charge in [0.25, 0.3) is 5.91 Å². The number of benzene rings is 1. The van der Waals surface area contributed by atoms with Gasteiger partial charge in [0.2, 0.25) is 10.3 Å². The van der Waals surface area contributed by atoms with E-state index in [4.69, 9.17) is 9.47 Å². The standard InChI is InChI=1S/C23H29N5O3S/c1-30-18-10-9-17(20(16-18)31-2)11-12-24-21(29)19-8-7-15-28(19)23-26-25-22(32-23)27-13-5-3-4-6-14-27/h7-10,15-16H,3-6,11-14H2,1-2H3,(H,24,29). The highest BCUT2D eigenvalue weighted by Crippen LogP contribution is 2.27. The van der Waals surface area contributed by atoms with Gasteiger partial charge in [-0.2, -0.15) is 0 Å². The minimum Gasteiger partial charge on any atom is -0.497 e. The topological polar surface area (TPSA) is 81.5 Å². The van der Waals surface area contributed by atoms with Crippen molar-refractivity contribution in [3.8, 4) is 16.6 Å². The third-order valence-corrected chi connectivity index (χ3v) is 6.63. The average molecular weight is 456 g/mol. The highest BCUT2D eigenvalue weighted by Gasteiger charge is 2.18. The summed E-state index contributed by atoms with van der Waals surface area (Å²) in [7, 11) is 3.25. The van der Waals surface area contributed by atoms with Crippen molar-refractivity contribution in [2.75, 3.05) is 38.8 Å². The van der Waals surface area contributed by atoms with Crippen molar-refractivity contribution < 1.29 is 14.3 Å². The molecule has 0 saturated carbocycles. The van der Waals surface area contributed by atoms with E-state index in [2.05, 4.69) is 20.4 Å². The summed E-state index contributed by atoms with van der Waals surface area (Å²) in [5.41, 5.74) is 1.56. The maximum atomic E-state index is 12.9. The molecule has 2 aromatic heterocycles. The average Bonchev–Trinajstić information content (AvgIpc) is 3.43. The number of anilines is 1. The molecule has 32 heavy (non-hydrogen) atoms. The molecule has 1 saturated heterocycles. The lowest BCUT2D eigenvalue weighted by Crippen LogP contribution is -2.27. The molecule has 8 nitrogen and oxygen atoms in total. The maximum absolute atomic E-state index is 12.9. The number of carbonyl (C=O) groups is 1. The van der Waals surface area contributed by atoms with Gasteiger partial charge in [0.15, 0.2) is 0 Å². The van der Waals surface area contributed by atoms with Crippen LogP contribution < -0.4 is 19.7 Å². The number of aromatic nitrogens is 3. The predicted octanol–water partition coefficient (Wildman–Crippen LogP) is 3.70. The maximum Gasteiger partial charge on any atom is 0.268 e. The Kier molecular flexibility index (Phi) is 7.26. The number of nitrogens with one attached hydrogen (secondary N) is 1. The minimum atomic E-state index is -0.144. The molecule has 0 bridgehead atoms. The normalized spacial score (nSPS) is 14.1. The summed E-state index contributed by atoms with van der Waals surface area (Å²) in [6, 6.07) is 9.35. The van der Waals surface area contributed by atoms with E-state index >= 15 is 0 Å². The number of hydrogen-bond donors (Lipinski definition) is 1. The molecule has 1 aliphatic rings. The van der Waals surface area contributed by atoms with E-state index in [1.807, 2.05) is 35.0 Å². The zero-order valence-electron chi connectivity index (χ0n) is 18.5. The van der Waals surface area contributed by atoms with Gasteiger partial charge < -0.3 is 19.7 Å². The fraction of sp³-hybridized carbons (Fsp3) is 0.435. The van der Waals surface area contributed by atoms with Gasteiger partial charge in [-0.25, -0.2) is 0 Å². The van der Waals surface area contributed by atoms with E-state index in [1.54, 1.807) is 20.3 Å². The Labute approximate surface area is 192 Å². The first-order valence-corrected chi connectivity index (χ1v) is 11.8. The number of amides is 1. The quantitative estimate of drug-likeness (QED) is 0.558. The summed E-state index contributed by atoms with van der Waals surface area (Å²) >= 11 is 1.53. The van der Waals surface area contributed by atoms with Crippen molar-refractivity contribution in [1.82, 2.24) is 20.1 Å². The number of hydrogen-bond acceptors (Lipinski definition) is 7. The second kappa shape index (κ2) is 10.5. The summed E-state index contributed by atoms with van der Waals surface area (Å²) < 4.78 is 12.5. The molecule has 1 N–H and O–H groups in total. The van der Waals surface area contributed by atoms with Gasteiger partial charge in [-0.3, -0.25) is 9.36 Å². The van der Waals surface area contributed by atoms with Crippen LogP contribution in [0.15, 0.2) is 36.5 Å². The van der Waals surface area contributed by atoms with Gasteiger partial charge in [-0.1, -0.05) is 30.2 Å². The van der Waals surface area contributed by atoms with E-state index in [9.17, 15) is 4.79 Å². The van der Waals surface area contributed by atoms with Crippen LogP contribution in [0.1, 0.15) is 41.7 Å². The monoisotopic (exact) mass is 455 g/mol.